The first-order chi connectivity index (χ1) is 9.04. The molecule has 0 aromatic heterocycles. The number of nitrogen functional groups attached to an aromatic ring is 1. The van der Waals surface area contributed by atoms with Gasteiger partial charge in [-0.15, -0.1) is 0 Å². The summed E-state index contributed by atoms with van der Waals surface area (Å²) in [5.74, 6) is -0.306. The third-order valence-corrected chi connectivity index (χ3v) is 3.32. The number of nitrogens with zero attached hydrogens (tertiary/aromatic N) is 2. The molecule has 1 atom stereocenters. The molecule has 1 unspecified atom stereocenters. The smallest absolute Gasteiger partial charge is 0.292 e. The van der Waals surface area contributed by atoms with Crippen molar-refractivity contribution in [2.75, 3.05) is 18.9 Å². The van der Waals surface area contributed by atoms with Crippen LogP contribution < -0.4 is 5.73 Å². The molecular formula is C12H15N3O4. The van der Waals surface area contributed by atoms with Crippen molar-refractivity contribution in [1.29, 1.82) is 0 Å². The summed E-state index contributed by atoms with van der Waals surface area (Å²) >= 11 is 0. The zero-order valence-corrected chi connectivity index (χ0v) is 10.3. The highest BCUT2D eigenvalue weighted by Gasteiger charge is 2.29. The Hall–Kier alpha value is -2.15. The van der Waals surface area contributed by atoms with Gasteiger partial charge in [0.15, 0.2) is 0 Å². The van der Waals surface area contributed by atoms with Gasteiger partial charge in [-0.2, -0.15) is 0 Å². The van der Waals surface area contributed by atoms with Gasteiger partial charge in [0, 0.05) is 18.2 Å². The van der Waals surface area contributed by atoms with Crippen LogP contribution in [0.25, 0.3) is 0 Å². The molecule has 1 saturated heterocycles. The molecule has 0 saturated carbocycles. The molecule has 1 aliphatic rings. The van der Waals surface area contributed by atoms with Gasteiger partial charge in [-0.25, -0.2) is 0 Å². The Labute approximate surface area is 109 Å². The molecule has 1 fully saturated rings. The molecule has 7 heteroatoms. The molecule has 19 heavy (non-hydrogen) atoms. The van der Waals surface area contributed by atoms with Crippen LogP contribution >= 0.6 is 0 Å². The number of hydrogen-bond donors (Lipinski definition) is 2. The fourth-order valence-electron chi connectivity index (χ4n) is 2.29. The number of aliphatic hydroxyl groups is 1. The molecule has 0 spiro atoms. The summed E-state index contributed by atoms with van der Waals surface area (Å²) in [6.07, 6.45) is 1.58. The molecule has 1 heterocycles. The topological polar surface area (TPSA) is 110 Å². The van der Waals surface area contributed by atoms with Gasteiger partial charge in [0.2, 0.25) is 0 Å². The highest BCUT2D eigenvalue weighted by atomic mass is 16.6. The van der Waals surface area contributed by atoms with Crippen LogP contribution in [0.3, 0.4) is 0 Å². The predicted molar refractivity (Wildman–Crippen MR) is 68.7 cm³/mol. The maximum Gasteiger partial charge on any atom is 0.292 e. The first-order valence-electron chi connectivity index (χ1n) is 6.00. The minimum Gasteiger partial charge on any atom is -0.394 e. The zero-order valence-electron chi connectivity index (χ0n) is 10.3. The number of carbonyl (C=O) groups excluding carboxylic acids is 1. The van der Waals surface area contributed by atoms with E-state index in [9.17, 15) is 20.0 Å². The summed E-state index contributed by atoms with van der Waals surface area (Å²) in [6, 6.07) is 3.81. The first-order valence-corrected chi connectivity index (χ1v) is 6.00. The largest absolute Gasteiger partial charge is 0.394 e. The molecule has 1 aromatic carbocycles. The molecule has 0 aliphatic carbocycles. The summed E-state index contributed by atoms with van der Waals surface area (Å²) in [5.41, 5.74) is 5.47. The van der Waals surface area contributed by atoms with Gasteiger partial charge in [-0.1, -0.05) is 0 Å². The number of benzene rings is 1. The summed E-state index contributed by atoms with van der Waals surface area (Å²) in [4.78, 5) is 24.0. The van der Waals surface area contributed by atoms with E-state index < -0.39 is 4.92 Å². The second-order valence-electron chi connectivity index (χ2n) is 4.51. The van der Waals surface area contributed by atoms with E-state index in [0.717, 1.165) is 12.8 Å². The predicted octanol–water partition coefficient (Wildman–Crippen LogP) is 0.774. The van der Waals surface area contributed by atoms with Gasteiger partial charge in [-0.3, -0.25) is 14.9 Å². The Morgan fingerprint density at radius 1 is 1.58 bits per heavy atom. The lowest BCUT2D eigenvalue weighted by Crippen LogP contribution is -2.37. The van der Waals surface area contributed by atoms with E-state index in [2.05, 4.69) is 0 Å². The van der Waals surface area contributed by atoms with E-state index in [1.165, 1.54) is 18.2 Å². The van der Waals surface area contributed by atoms with E-state index in [1.807, 2.05) is 0 Å². The molecule has 1 amide bonds. The van der Waals surface area contributed by atoms with Crippen LogP contribution in [0.15, 0.2) is 18.2 Å². The number of nitrogens with two attached hydrogens (primary N) is 1. The fraction of sp³-hybridized carbons (Fsp3) is 0.417. The molecule has 3 N–H and O–H groups in total. The van der Waals surface area contributed by atoms with Crippen molar-refractivity contribution in [1.82, 2.24) is 4.90 Å². The number of aliphatic hydroxyl groups excluding tert-OH is 1. The minimum absolute atomic E-state index is 0.0293. The second-order valence-corrected chi connectivity index (χ2v) is 4.51. The number of nitro benzene ring substituents is 1. The Morgan fingerprint density at radius 3 is 2.95 bits per heavy atom. The van der Waals surface area contributed by atoms with Gasteiger partial charge in [0.1, 0.15) is 5.69 Å². The Morgan fingerprint density at radius 2 is 2.32 bits per heavy atom. The standard InChI is InChI=1S/C12H15N3O4/c13-10-4-3-8(6-11(10)15(18)19)12(17)14-5-1-2-9(14)7-16/h3-4,6,9,16H,1-2,5,7,13H2. The summed E-state index contributed by atoms with van der Waals surface area (Å²) in [6.45, 7) is 0.463. The lowest BCUT2D eigenvalue weighted by Gasteiger charge is -2.23. The average Bonchev–Trinajstić information content (AvgIpc) is 2.86. The Balaban J connectivity index is 2.29. The molecule has 102 valence electrons. The molecule has 0 radical (unpaired) electrons. The molecule has 2 rings (SSSR count). The minimum atomic E-state index is -0.611. The third-order valence-electron chi connectivity index (χ3n) is 3.32. The van der Waals surface area contributed by atoms with Crippen LogP contribution in [0.2, 0.25) is 0 Å². The summed E-state index contributed by atoms with van der Waals surface area (Å²) in [5, 5.41) is 20.0. The number of hydrogen-bond acceptors (Lipinski definition) is 5. The van der Waals surface area contributed by atoms with Gasteiger partial charge >= 0.3 is 0 Å². The Kier molecular flexibility index (Phi) is 3.66. The molecule has 0 bridgehead atoms. The van der Waals surface area contributed by atoms with Crippen molar-refractivity contribution in [3.63, 3.8) is 0 Å². The van der Waals surface area contributed by atoms with Gasteiger partial charge in [0.05, 0.1) is 17.6 Å². The van der Waals surface area contributed by atoms with Gasteiger partial charge in [0.25, 0.3) is 11.6 Å². The van der Waals surface area contributed by atoms with Crippen molar-refractivity contribution in [2.45, 2.75) is 18.9 Å². The van der Waals surface area contributed by atoms with Crippen molar-refractivity contribution in [3.8, 4) is 0 Å². The first kappa shape index (κ1) is 13.3. The number of carbonyl (C=O) groups is 1. The highest BCUT2D eigenvalue weighted by Crippen LogP contribution is 2.25. The zero-order chi connectivity index (χ0) is 14.0. The van der Waals surface area contributed by atoms with Crippen molar-refractivity contribution in [3.05, 3.63) is 33.9 Å². The van der Waals surface area contributed by atoms with E-state index in [4.69, 9.17) is 5.73 Å². The molecule has 1 aliphatic heterocycles. The fourth-order valence-corrected chi connectivity index (χ4v) is 2.29. The van der Waals surface area contributed by atoms with Crippen molar-refractivity contribution < 1.29 is 14.8 Å². The van der Waals surface area contributed by atoms with Crippen LogP contribution in [-0.2, 0) is 0 Å². The van der Waals surface area contributed by atoms with E-state index in [1.54, 1.807) is 4.90 Å². The van der Waals surface area contributed by atoms with Crippen LogP contribution in [0, 0.1) is 10.1 Å². The highest BCUT2D eigenvalue weighted by molar-refractivity contribution is 5.96. The van der Waals surface area contributed by atoms with Gasteiger partial charge < -0.3 is 15.7 Å². The summed E-state index contributed by atoms with van der Waals surface area (Å²) in [7, 11) is 0. The number of amides is 1. The molecule has 1 aromatic rings. The third kappa shape index (κ3) is 2.50. The molecule has 7 nitrogen and oxygen atoms in total. The normalized spacial score (nSPS) is 18.6. The van der Waals surface area contributed by atoms with Crippen LogP contribution in [0.5, 0.6) is 0 Å². The van der Waals surface area contributed by atoms with Crippen LogP contribution in [0.1, 0.15) is 23.2 Å². The lowest BCUT2D eigenvalue weighted by atomic mass is 10.1. The lowest BCUT2D eigenvalue weighted by molar-refractivity contribution is -0.383. The van der Waals surface area contributed by atoms with E-state index >= 15 is 0 Å². The quantitative estimate of drug-likeness (QED) is 0.476. The van der Waals surface area contributed by atoms with Crippen molar-refractivity contribution >= 4 is 17.3 Å². The SMILES string of the molecule is Nc1ccc(C(=O)N2CCCC2CO)cc1[N+](=O)[O-]. The van der Waals surface area contributed by atoms with Gasteiger partial charge in [-0.05, 0) is 25.0 Å². The van der Waals surface area contributed by atoms with Crippen LogP contribution in [0.4, 0.5) is 11.4 Å². The number of anilines is 1. The molecular weight excluding hydrogens is 250 g/mol. The van der Waals surface area contributed by atoms with Crippen molar-refractivity contribution in [2.24, 2.45) is 0 Å². The van der Waals surface area contributed by atoms with E-state index in [-0.39, 0.29) is 35.5 Å². The van der Waals surface area contributed by atoms with Crippen LogP contribution in [-0.4, -0.2) is 40.0 Å². The second kappa shape index (κ2) is 5.23. The number of nitro groups is 1. The average molecular weight is 265 g/mol. The summed E-state index contributed by atoms with van der Waals surface area (Å²) < 4.78 is 0. The number of rotatable bonds is 3. The van der Waals surface area contributed by atoms with E-state index in [0.29, 0.717) is 6.54 Å². The Bertz CT molecular complexity index is 518. The monoisotopic (exact) mass is 265 g/mol. The number of likely N-dealkylation sites (tertiary alicyclic amines) is 1. The maximum atomic E-state index is 12.3. The maximum absolute atomic E-state index is 12.3.